The SMILES string of the molecule is Cc1noc2ncc(C(=O)NC(C)c3ccc(Cl)c(Cl)c3)cc12. The molecule has 3 aromatic rings. The number of aromatic nitrogens is 2. The number of nitrogens with zero attached hydrogens (tertiary/aromatic N) is 2. The van der Waals surface area contributed by atoms with Crippen molar-refractivity contribution in [2.75, 3.05) is 0 Å². The Hall–Kier alpha value is -2.11. The number of carbonyl (C=O) groups excluding carboxylic acids is 1. The number of benzene rings is 1. The van der Waals surface area contributed by atoms with Crippen LogP contribution in [0.3, 0.4) is 0 Å². The zero-order valence-corrected chi connectivity index (χ0v) is 13.9. The number of carbonyl (C=O) groups is 1. The van der Waals surface area contributed by atoms with Gasteiger partial charge >= 0.3 is 0 Å². The minimum absolute atomic E-state index is 0.225. The summed E-state index contributed by atoms with van der Waals surface area (Å²) in [6, 6.07) is 6.75. The Morgan fingerprint density at radius 1 is 1.26 bits per heavy atom. The first-order valence-electron chi connectivity index (χ1n) is 6.93. The van der Waals surface area contributed by atoms with E-state index in [1.807, 2.05) is 13.0 Å². The van der Waals surface area contributed by atoms with Gasteiger partial charge in [-0.3, -0.25) is 4.79 Å². The van der Waals surface area contributed by atoms with Crippen molar-refractivity contribution in [2.45, 2.75) is 19.9 Å². The molecule has 1 amide bonds. The van der Waals surface area contributed by atoms with E-state index in [1.165, 1.54) is 6.20 Å². The molecule has 1 atom stereocenters. The summed E-state index contributed by atoms with van der Waals surface area (Å²) in [6.07, 6.45) is 1.46. The van der Waals surface area contributed by atoms with Crippen molar-refractivity contribution in [3.8, 4) is 0 Å². The number of nitrogens with one attached hydrogen (secondary N) is 1. The molecule has 5 nitrogen and oxygen atoms in total. The highest BCUT2D eigenvalue weighted by Crippen LogP contribution is 2.26. The van der Waals surface area contributed by atoms with Crippen LogP contribution in [-0.2, 0) is 0 Å². The molecule has 23 heavy (non-hydrogen) atoms. The van der Waals surface area contributed by atoms with Crippen molar-refractivity contribution in [3.05, 3.63) is 57.3 Å². The standard InChI is InChI=1S/C16H13Cl2N3O2/c1-8(10-3-4-13(17)14(18)6-10)20-15(22)11-5-12-9(2)21-23-16(12)19-7-11/h3-8H,1-2H3,(H,20,22). The summed E-state index contributed by atoms with van der Waals surface area (Å²) >= 11 is 11.9. The van der Waals surface area contributed by atoms with Crippen LogP contribution in [0.1, 0.15) is 34.6 Å². The summed E-state index contributed by atoms with van der Waals surface area (Å²) in [7, 11) is 0. The van der Waals surface area contributed by atoms with Crippen LogP contribution in [0.2, 0.25) is 10.0 Å². The second-order valence-electron chi connectivity index (χ2n) is 5.21. The Morgan fingerprint density at radius 2 is 2.04 bits per heavy atom. The first-order chi connectivity index (χ1) is 11.0. The molecule has 2 heterocycles. The largest absolute Gasteiger partial charge is 0.345 e. The summed E-state index contributed by atoms with van der Waals surface area (Å²) in [5.74, 6) is -0.237. The molecule has 0 fully saturated rings. The Kier molecular flexibility index (Phi) is 4.24. The molecule has 0 aliphatic heterocycles. The van der Waals surface area contributed by atoms with Gasteiger partial charge in [-0.25, -0.2) is 4.98 Å². The van der Waals surface area contributed by atoms with Gasteiger partial charge < -0.3 is 9.84 Å². The quantitative estimate of drug-likeness (QED) is 0.763. The average molecular weight is 350 g/mol. The number of fused-ring (bicyclic) bond motifs is 1. The molecule has 0 aliphatic carbocycles. The summed E-state index contributed by atoms with van der Waals surface area (Å²) in [4.78, 5) is 16.5. The first kappa shape index (κ1) is 15.8. The third-order valence-electron chi connectivity index (χ3n) is 3.56. The predicted molar refractivity (Wildman–Crippen MR) is 88.9 cm³/mol. The number of pyridine rings is 1. The molecular weight excluding hydrogens is 337 g/mol. The lowest BCUT2D eigenvalue weighted by Crippen LogP contribution is -2.26. The van der Waals surface area contributed by atoms with Gasteiger partial charge in [-0.05, 0) is 37.6 Å². The average Bonchev–Trinajstić information content (AvgIpc) is 2.90. The molecule has 1 N–H and O–H groups in total. The molecular formula is C16H13Cl2N3O2. The van der Waals surface area contributed by atoms with Crippen LogP contribution in [0.25, 0.3) is 11.1 Å². The minimum atomic E-state index is -0.237. The molecule has 0 saturated heterocycles. The number of rotatable bonds is 3. The zero-order valence-electron chi connectivity index (χ0n) is 12.4. The van der Waals surface area contributed by atoms with Crippen molar-refractivity contribution in [2.24, 2.45) is 0 Å². The number of hydrogen-bond donors (Lipinski definition) is 1. The monoisotopic (exact) mass is 349 g/mol. The smallest absolute Gasteiger partial charge is 0.257 e. The van der Waals surface area contributed by atoms with Crippen molar-refractivity contribution in [3.63, 3.8) is 0 Å². The third-order valence-corrected chi connectivity index (χ3v) is 4.30. The highest BCUT2D eigenvalue weighted by molar-refractivity contribution is 6.42. The fraction of sp³-hybridized carbons (Fsp3) is 0.188. The normalized spacial score (nSPS) is 12.3. The maximum absolute atomic E-state index is 12.4. The lowest BCUT2D eigenvalue weighted by molar-refractivity contribution is 0.0939. The highest BCUT2D eigenvalue weighted by atomic mass is 35.5. The van der Waals surface area contributed by atoms with Gasteiger partial charge in [-0.2, -0.15) is 0 Å². The first-order valence-corrected chi connectivity index (χ1v) is 7.69. The van der Waals surface area contributed by atoms with Crippen molar-refractivity contribution in [1.29, 1.82) is 0 Å². The van der Waals surface area contributed by atoms with Crippen LogP contribution in [0.5, 0.6) is 0 Å². The van der Waals surface area contributed by atoms with E-state index >= 15 is 0 Å². The number of aryl methyl sites for hydroxylation is 1. The highest BCUT2D eigenvalue weighted by Gasteiger charge is 2.15. The molecule has 3 rings (SSSR count). The fourth-order valence-electron chi connectivity index (χ4n) is 2.21. The predicted octanol–water partition coefficient (Wildman–Crippen LogP) is 4.33. The fourth-order valence-corrected chi connectivity index (χ4v) is 2.52. The van der Waals surface area contributed by atoms with Crippen molar-refractivity contribution >= 4 is 40.2 Å². The van der Waals surface area contributed by atoms with Gasteiger partial charge in [0.2, 0.25) is 0 Å². The van der Waals surface area contributed by atoms with Crippen LogP contribution in [-0.4, -0.2) is 16.0 Å². The Balaban J connectivity index is 1.81. The maximum Gasteiger partial charge on any atom is 0.257 e. The van der Waals surface area contributed by atoms with Gasteiger partial charge in [0.05, 0.1) is 32.7 Å². The molecule has 0 bridgehead atoms. The Bertz CT molecular complexity index is 892. The third kappa shape index (κ3) is 3.16. The van der Waals surface area contributed by atoms with E-state index in [4.69, 9.17) is 27.7 Å². The molecule has 7 heteroatoms. The molecule has 0 radical (unpaired) electrons. The van der Waals surface area contributed by atoms with E-state index in [9.17, 15) is 4.79 Å². The lowest BCUT2D eigenvalue weighted by atomic mass is 10.1. The van der Waals surface area contributed by atoms with Crippen molar-refractivity contribution in [1.82, 2.24) is 15.5 Å². The van der Waals surface area contributed by atoms with Gasteiger partial charge in [-0.15, -0.1) is 0 Å². The number of hydrogen-bond acceptors (Lipinski definition) is 4. The van der Waals surface area contributed by atoms with Gasteiger partial charge in [0, 0.05) is 6.20 Å². The molecule has 1 aromatic carbocycles. The second kappa shape index (κ2) is 6.18. The zero-order chi connectivity index (χ0) is 16.6. The molecule has 0 saturated carbocycles. The van der Waals surface area contributed by atoms with E-state index in [1.54, 1.807) is 25.1 Å². The van der Waals surface area contributed by atoms with E-state index in [0.717, 1.165) is 10.9 Å². The van der Waals surface area contributed by atoms with Crippen LogP contribution in [0.15, 0.2) is 35.0 Å². The minimum Gasteiger partial charge on any atom is -0.345 e. The van der Waals surface area contributed by atoms with Crippen LogP contribution >= 0.6 is 23.2 Å². The lowest BCUT2D eigenvalue weighted by Gasteiger charge is -2.15. The molecule has 2 aromatic heterocycles. The van der Waals surface area contributed by atoms with E-state index in [-0.39, 0.29) is 11.9 Å². The summed E-state index contributed by atoms with van der Waals surface area (Å²) in [6.45, 7) is 3.67. The number of amides is 1. The topological polar surface area (TPSA) is 68.0 Å². The summed E-state index contributed by atoms with van der Waals surface area (Å²) in [5.41, 5.74) is 2.41. The summed E-state index contributed by atoms with van der Waals surface area (Å²) in [5, 5.41) is 8.38. The Morgan fingerprint density at radius 3 is 2.78 bits per heavy atom. The van der Waals surface area contributed by atoms with Gasteiger partial charge in [0.15, 0.2) is 0 Å². The molecule has 0 aliphatic rings. The van der Waals surface area contributed by atoms with E-state index in [0.29, 0.717) is 27.0 Å². The van der Waals surface area contributed by atoms with Gasteiger partial charge in [-0.1, -0.05) is 34.4 Å². The van der Waals surface area contributed by atoms with Crippen LogP contribution < -0.4 is 5.32 Å². The second-order valence-corrected chi connectivity index (χ2v) is 6.03. The molecule has 118 valence electrons. The summed E-state index contributed by atoms with van der Waals surface area (Å²) < 4.78 is 5.04. The molecule has 0 spiro atoms. The van der Waals surface area contributed by atoms with E-state index < -0.39 is 0 Å². The van der Waals surface area contributed by atoms with Crippen LogP contribution in [0.4, 0.5) is 0 Å². The maximum atomic E-state index is 12.4. The Labute approximate surface area is 142 Å². The van der Waals surface area contributed by atoms with Gasteiger partial charge in [0.1, 0.15) is 0 Å². The van der Waals surface area contributed by atoms with Crippen molar-refractivity contribution < 1.29 is 9.32 Å². The van der Waals surface area contributed by atoms with E-state index in [2.05, 4.69) is 15.5 Å². The van der Waals surface area contributed by atoms with Crippen LogP contribution in [0, 0.1) is 6.92 Å². The van der Waals surface area contributed by atoms with Gasteiger partial charge in [0.25, 0.3) is 11.6 Å². The number of halogens is 2. The molecule has 1 unspecified atom stereocenters.